The molecule has 1 atom stereocenters. The highest BCUT2D eigenvalue weighted by Crippen LogP contribution is 2.25. The molecule has 0 spiro atoms. The molecule has 1 aromatic carbocycles. The number of benzene rings is 1. The van der Waals surface area contributed by atoms with Crippen LogP contribution in [-0.2, 0) is 23.2 Å². The molecule has 0 N–H and O–H groups in total. The normalized spacial score (nSPS) is 12.0. The summed E-state index contributed by atoms with van der Waals surface area (Å²) in [4.78, 5) is 11.7. The number of ether oxygens (including phenoxy) is 2. The number of carbonyl (C=O) groups is 1. The van der Waals surface area contributed by atoms with Crippen LogP contribution in [0.2, 0.25) is 5.02 Å². The lowest BCUT2D eigenvalue weighted by atomic mass is 10.3. The Labute approximate surface area is 144 Å². The number of nitrogens with zero attached hydrogens (tertiary/aromatic N) is 3. The summed E-state index contributed by atoms with van der Waals surface area (Å²) in [6.07, 6.45) is 0. The Morgan fingerprint density at radius 3 is 2.83 bits per heavy atom. The molecule has 1 aromatic heterocycles. The van der Waals surface area contributed by atoms with Gasteiger partial charge in [-0.1, -0.05) is 35.5 Å². The van der Waals surface area contributed by atoms with Gasteiger partial charge in [0, 0.05) is 7.05 Å². The van der Waals surface area contributed by atoms with Gasteiger partial charge in [0.1, 0.15) is 17.6 Å². The maximum absolute atomic E-state index is 11.7. The standard InChI is InChI=1S/C15H18ClN3O3S/c1-4-21-14(20)10(2)23-15-18-17-13(19(15)3)9-22-12-8-6-5-7-11(12)16/h5-8,10H,4,9H2,1-3H3. The fraction of sp³-hybridized carbons (Fsp3) is 0.400. The van der Waals surface area contributed by atoms with Gasteiger partial charge in [-0.2, -0.15) is 0 Å². The summed E-state index contributed by atoms with van der Waals surface area (Å²) < 4.78 is 12.4. The zero-order valence-corrected chi connectivity index (χ0v) is 14.7. The quantitative estimate of drug-likeness (QED) is 0.561. The van der Waals surface area contributed by atoms with E-state index in [1.54, 1.807) is 30.5 Å². The van der Waals surface area contributed by atoms with E-state index >= 15 is 0 Å². The molecular formula is C15H18ClN3O3S. The van der Waals surface area contributed by atoms with Gasteiger partial charge in [0.25, 0.3) is 0 Å². The van der Waals surface area contributed by atoms with E-state index < -0.39 is 0 Å². The Kier molecular flexibility index (Phi) is 6.29. The molecule has 0 aliphatic carbocycles. The number of esters is 1. The molecule has 0 fully saturated rings. The van der Waals surface area contributed by atoms with E-state index in [1.807, 2.05) is 19.2 Å². The van der Waals surface area contributed by atoms with Crippen molar-refractivity contribution in [3.05, 3.63) is 35.1 Å². The highest BCUT2D eigenvalue weighted by molar-refractivity contribution is 8.00. The largest absolute Gasteiger partial charge is 0.484 e. The number of thioether (sulfide) groups is 1. The van der Waals surface area contributed by atoms with Gasteiger partial charge in [0.05, 0.1) is 11.6 Å². The Morgan fingerprint density at radius 2 is 2.13 bits per heavy atom. The summed E-state index contributed by atoms with van der Waals surface area (Å²) in [6.45, 7) is 4.15. The van der Waals surface area contributed by atoms with Crippen LogP contribution in [0.3, 0.4) is 0 Å². The Hall–Kier alpha value is -1.73. The lowest BCUT2D eigenvalue weighted by Crippen LogP contribution is -2.17. The number of hydrogen-bond donors (Lipinski definition) is 0. The first kappa shape index (κ1) is 17.6. The maximum Gasteiger partial charge on any atom is 0.319 e. The highest BCUT2D eigenvalue weighted by Gasteiger charge is 2.19. The number of carbonyl (C=O) groups excluding carboxylic acids is 1. The lowest BCUT2D eigenvalue weighted by Gasteiger charge is -2.10. The first-order valence-corrected chi connectivity index (χ1v) is 8.37. The first-order valence-electron chi connectivity index (χ1n) is 7.11. The van der Waals surface area contributed by atoms with Crippen molar-refractivity contribution < 1.29 is 14.3 Å². The van der Waals surface area contributed by atoms with Gasteiger partial charge in [-0.25, -0.2) is 0 Å². The predicted molar refractivity (Wildman–Crippen MR) is 88.7 cm³/mol. The SMILES string of the molecule is CCOC(=O)C(C)Sc1nnc(COc2ccccc2Cl)n1C. The van der Waals surface area contributed by atoms with Crippen LogP contribution >= 0.6 is 23.4 Å². The van der Waals surface area contributed by atoms with Crippen molar-refractivity contribution in [2.45, 2.75) is 30.9 Å². The van der Waals surface area contributed by atoms with Crippen molar-refractivity contribution in [2.24, 2.45) is 7.05 Å². The third-order valence-corrected chi connectivity index (χ3v) is 4.44. The average molecular weight is 356 g/mol. The van der Waals surface area contributed by atoms with Gasteiger partial charge in [0.15, 0.2) is 11.0 Å². The molecule has 0 saturated carbocycles. The molecule has 6 nitrogen and oxygen atoms in total. The third-order valence-electron chi connectivity index (χ3n) is 3.02. The third kappa shape index (κ3) is 4.62. The Morgan fingerprint density at radius 1 is 1.39 bits per heavy atom. The summed E-state index contributed by atoms with van der Waals surface area (Å²) in [5.74, 6) is 0.962. The second-order valence-corrected chi connectivity index (χ2v) is 6.40. The molecule has 0 bridgehead atoms. The number of para-hydroxylation sites is 1. The van der Waals surface area contributed by atoms with Crippen LogP contribution in [-0.4, -0.2) is 32.6 Å². The van der Waals surface area contributed by atoms with Gasteiger partial charge < -0.3 is 14.0 Å². The van der Waals surface area contributed by atoms with Crippen LogP contribution in [0.4, 0.5) is 0 Å². The lowest BCUT2D eigenvalue weighted by molar-refractivity contribution is -0.142. The summed E-state index contributed by atoms with van der Waals surface area (Å²) in [5, 5.41) is 9.00. The van der Waals surface area contributed by atoms with Crippen LogP contribution in [0, 0.1) is 0 Å². The molecular weight excluding hydrogens is 338 g/mol. The molecule has 0 aliphatic heterocycles. The van der Waals surface area contributed by atoms with E-state index in [0.717, 1.165) is 0 Å². The van der Waals surface area contributed by atoms with Crippen LogP contribution in [0.25, 0.3) is 0 Å². The van der Waals surface area contributed by atoms with Crippen molar-refractivity contribution in [2.75, 3.05) is 6.61 Å². The maximum atomic E-state index is 11.7. The molecule has 8 heteroatoms. The van der Waals surface area contributed by atoms with Gasteiger partial charge in [-0.3, -0.25) is 4.79 Å². The number of rotatable bonds is 7. The molecule has 1 unspecified atom stereocenters. The number of halogens is 1. The molecule has 0 aliphatic rings. The Balaban J connectivity index is 1.99. The molecule has 2 aromatic rings. The zero-order valence-electron chi connectivity index (χ0n) is 13.2. The number of hydrogen-bond acceptors (Lipinski definition) is 6. The molecule has 0 amide bonds. The van der Waals surface area contributed by atoms with Crippen molar-refractivity contribution in [3.63, 3.8) is 0 Å². The van der Waals surface area contributed by atoms with Gasteiger partial charge in [-0.05, 0) is 26.0 Å². The summed E-state index contributed by atoms with van der Waals surface area (Å²) >= 11 is 7.34. The van der Waals surface area contributed by atoms with E-state index in [-0.39, 0.29) is 17.8 Å². The van der Waals surface area contributed by atoms with Gasteiger partial charge >= 0.3 is 5.97 Å². The van der Waals surface area contributed by atoms with Crippen LogP contribution < -0.4 is 4.74 Å². The minimum atomic E-state index is -0.352. The smallest absolute Gasteiger partial charge is 0.319 e. The van der Waals surface area contributed by atoms with Crippen LogP contribution in [0.15, 0.2) is 29.4 Å². The minimum Gasteiger partial charge on any atom is -0.484 e. The van der Waals surface area contributed by atoms with Crippen molar-refractivity contribution in [1.29, 1.82) is 0 Å². The van der Waals surface area contributed by atoms with Crippen LogP contribution in [0.1, 0.15) is 19.7 Å². The summed E-state index contributed by atoms with van der Waals surface area (Å²) in [6, 6.07) is 7.23. The van der Waals surface area contributed by atoms with Gasteiger partial charge in [0.2, 0.25) is 0 Å². The molecule has 1 heterocycles. The molecule has 0 saturated heterocycles. The van der Waals surface area contributed by atoms with E-state index in [4.69, 9.17) is 21.1 Å². The second kappa shape index (κ2) is 8.21. The molecule has 0 radical (unpaired) electrons. The fourth-order valence-electron chi connectivity index (χ4n) is 1.74. The second-order valence-electron chi connectivity index (χ2n) is 4.69. The van der Waals surface area contributed by atoms with Crippen LogP contribution in [0.5, 0.6) is 5.75 Å². The van der Waals surface area contributed by atoms with Crippen molar-refractivity contribution in [3.8, 4) is 5.75 Å². The summed E-state index contributed by atoms with van der Waals surface area (Å²) in [7, 11) is 1.82. The van der Waals surface area contributed by atoms with E-state index in [2.05, 4.69) is 10.2 Å². The van der Waals surface area contributed by atoms with Crippen molar-refractivity contribution in [1.82, 2.24) is 14.8 Å². The summed E-state index contributed by atoms with van der Waals surface area (Å²) in [5.41, 5.74) is 0. The zero-order chi connectivity index (χ0) is 16.8. The van der Waals surface area contributed by atoms with E-state index in [0.29, 0.717) is 28.4 Å². The highest BCUT2D eigenvalue weighted by atomic mass is 35.5. The molecule has 23 heavy (non-hydrogen) atoms. The van der Waals surface area contributed by atoms with E-state index in [1.165, 1.54) is 11.8 Å². The predicted octanol–water partition coefficient (Wildman–Crippen LogP) is 3.09. The Bertz CT molecular complexity index is 678. The number of aromatic nitrogens is 3. The first-order chi connectivity index (χ1) is 11.0. The fourth-order valence-corrected chi connectivity index (χ4v) is 2.77. The van der Waals surface area contributed by atoms with Gasteiger partial charge in [-0.15, -0.1) is 10.2 Å². The van der Waals surface area contributed by atoms with Crippen molar-refractivity contribution >= 4 is 29.3 Å². The average Bonchev–Trinajstić information content (AvgIpc) is 2.87. The molecule has 2 rings (SSSR count). The topological polar surface area (TPSA) is 66.2 Å². The monoisotopic (exact) mass is 355 g/mol. The molecule has 124 valence electrons. The van der Waals surface area contributed by atoms with E-state index in [9.17, 15) is 4.79 Å². The minimum absolute atomic E-state index is 0.238.